The van der Waals surface area contributed by atoms with Gasteiger partial charge in [0, 0.05) is 32.6 Å². The minimum absolute atomic E-state index is 0.262. The van der Waals surface area contributed by atoms with Gasteiger partial charge >= 0.3 is 0 Å². The topological polar surface area (TPSA) is 23.6 Å². The van der Waals surface area contributed by atoms with E-state index < -0.39 is 0 Å². The number of amides is 1. The van der Waals surface area contributed by atoms with Crippen molar-refractivity contribution in [3.8, 4) is 0 Å². The maximum absolute atomic E-state index is 12.8. The van der Waals surface area contributed by atoms with Crippen molar-refractivity contribution >= 4 is 5.91 Å². The van der Waals surface area contributed by atoms with Crippen molar-refractivity contribution in [1.82, 2.24) is 9.80 Å². The number of hydrogen-bond acceptors (Lipinski definition) is 2. The molecule has 1 saturated heterocycles. The van der Waals surface area contributed by atoms with E-state index in [1.165, 1.54) is 43.2 Å². The highest BCUT2D eigenvalue weighted by atomic mass is 16.2. The van der Waals surface area contributed by atoms with Gasteiger partial charge in [-0.05, 0) is 29.9 Å². The SMILES string of the molecule is O=C(CC1CCCCC1)N1CCN(C(c2ccccc2)c2ccccc2)CC1. The van der Waals surface area contributed by atoms with Gasteiger partial charge in [-0.1, -0.05) is 79.9 Å². The van der Waals surface area contributed by atoms with E-state index in [1.807, 2.05) is 0 Å². The molecule has 4 rings (SSSR count). The van der Waals surface area contributed by atoms with E-state index >= 15 is 0 Å². The molecule has 1 amide bonds. The van der Waals surface area contributed by atoms with Crippen LogP contribution in [-0.2, 0) is 4.79 Å². The summed E-state index contributed by atoms with van der Waals surface area (Å²) in [4.78, 5) is 17.4. The van der Waals surface area contributed by atoms with Crippen LogP contribution >= 0.6 is 0 Å². The maximum Gasteiger partial charge on any atom is 0.222 e. The highest BCUT2D eigenvalue weighted by Gasteiger charge is 2.29. The number of carbonyl (C=O) groups is 1. The molecule has 2 aliphatic rings. The van der Waals surface area contributed by atoms with E-state index in [0.29, 0.717) is 11.8 Å². The Morgan fingerprint density at radius 1 is 0.786 bits per heavy atom. The number of benzene rings is 2. The Labute approximate surface area is 169 Å². The van der Waals surface area contributed by atoms with Gasteiger partial charge in [-0.2, -0.15) is 0 Å². The normalized spacial score (nSPS) is 19.1. The summed E-state index contributed by atoms with van der Waals surface area (Å²) in [5, 5.41) is 0. The fourth-order valence-corrected chi connectivity index (χ4v) is 4.88. The first-order valence-corrected chi connectivity index (χ1v) is 10.9. The molecule has 28 heavy (non-hydrogen) atoms. The van der Waals surface area contributed by atoms with E-state index in [4.69, 9.17) is 0 Å². The molecule has 1 aliphatic heterocycles. The molecule has 2 aromatic rings. The van der Waals surface area contributed by atoms with Crippen LogP contribution in [0.25, 0.3) is 0 Å². The number of hydrogen-bond donors (Lipinski definition) is 0. The van der Waals surface area contributed by atoms with Crippen molar-refractivity contribution in [3.63, 3.8) is 0 Å². The Bertz CT molecular complexity index is 692. The minimum Gasteiger partial charge on any atom is -0.340 e. The highest BCUT2D eigenvalue weighted by molar-refractivity contribution is 5.76. The summed E-state index contributed by atoms with van der Waals surface area (Å²) >= 11 is 0. The van der Waals surface area contributed by atoms with Gasteiger partial charge in [-0.25, -0.2) is 0 Å². The third kappa shape index (κ3) is 4.64. The fraction of sp³-hybridized carbons (Fsp3) is 0.480. The van der Waals surface area contributed by atoms with Crippen LogP contribution in [0.4, 0.5) is 0 Å². The summed E-state index contributed by atoms with van der Waals surface area (Å²) in [6.45, 7) is 3.57. The molecule has 2 aromatic carbocycles. The van der Waals surface area contributed by atoms with Gasteiger partial charge in [0.1, 0.15) is 0 Å². The average molecular weight is 377 g/mol. The lowest BCUT2D eigenvalue weighted by molar-refractivity contribution is -0.134. The Hall–Kier alpha value is -2.13. The zero-order valence-corrected chi connectivity index (χ0v) is 16.8. The van der Waals surface area contributed by atoms with Crippen molar-refractivity contribution in [3.05, 3.63) is 71.8 Å². The summed E-state index contributed by atoms with van der Waals surface area (Å²) in [5.41, 5.74) is 2.66. The Morgan fingerprint density at radius 3 is 1.86 bits per heavy atom. The van der Waals surface area contributed by atoms with E-state index in [-0.39, 0.29) is 6.04 Å². The lowest BCUT2D eigenvalue weighted by Gasteiger charge is -2.40. The molecule has 148 valence electrons. The van der Waals surface area contributed by atoms with Crippen LogP contribution in [0.5, 0.6) is 0 Å². The van der Waals surface area contributed by atoms with Gasteiger partial charge in [-0.15, -0.1) is 0 Å². The summed E-state index contributed by atoms with van der Waals surface area (Å²) < 4.78 is 0. The van der Waals surface area contributed by atoms with Gasteiger partial charge in [0.25, 0.3) is 0 Å². The van der Waals surface area contributed by atoms with Crippen molar-refractivity contribution < 1.29 is 4.79 Å². The molecule has 0 bridgehead atoms. The second-order valence-electron chi connectivity index (χ2n) is 8.35. The summed E-state index contributed by atoms with van der Waals surface area (Å²) in [7, 11) is 0. The summed E-state index contributed by atoms with van der Waals surface area (Å²) in [5.74, 6) is 1.00. The lowest BCUT2D eigenvalue weighted by atomic mass is 9.86. The number of nitrogens with zero attached hydrogens (tertiary/aromatic N) is 2. The first-order valence-electron chi connectivity index (χ1n) is 10.9. The van der Waals surface area contributed by atoms with Gasteiger partial charge < -0.3 is 4.90 Å². The number of piperazine rings is 1. The molecule has 3 nitrogen and oxygen atoms in total. The smallest absolute Gasteiger partial charge is 0.222 e. The molecule has 0 aromatic heterocycles. The minimum atomic E-state index is 0.262. The third-order valence-corrected chi connectivity index (χ3v) is 6.45. The second kappa shape index (κ2) is 9.38. The standard InChI is InChI=1S/C25H32N2O/c28-24(20-21-10-4-1-5-11-21)26-16-18-27(19-17-26)25(22-12-6-2-7-13-22)23-14-8-3-9-15-23/h2-3,6-9,12-15,21,25H,1,4-5,10-11,16-20H2. The Balaban J connectivity index is 1.41. The van der Waals surface area contributed by atoms with Crippen LogP contribution < -0.4 is 0 Å². The lowest BCUT2D eigenvalue weighted by Crippen LogP contribution is -2.50. The molecular formula is C25H32N2O. The van der Waals surface area contributed by atoms with Gasteiger partial charge in [0.05, 0.1) is 6.04 Å². The second-order valence-corrected chi connectivity index (χ2v) is 8.35. The van der Waals surface area contributed by atoms with Crippen LogP contribution in [-0.4, -0.2) is 41.9 Å². The Kier molecular flexibility index (Phi) is 6.43. The van der Waals surface area contributed by atoms with Gasteiger partial charge in [0.2, 0.25) is 5.91 Å². The molecule has 0 N–H and O–H groups in total. The molecular weight excluding hydrogens is 344 g/mol. The molecule has 0 radical (unpaired) electrons. The zero-order valence-electron chi connectivity index (χ0n) is 16.8. The number of carbonyl (C=O) groups excluding carboxylic acids is 1. The van der Waals surface area contributed by atoms with Gasteiger partial charge in [-0.3, -0.25) is 9.69 Å². The van der Waals surface area contributed by atoms with E-state index in [9.17, 15) is 4.79 Å². The third-order valence-electron chi connectivity index (χ3n) is 6.45. The van der Waals surface area contributed by atoms with Crippen molar-refractivity contribution in [2.24, 2.45) is 5.92 Å². The highest BCUT2D eigenvalue weighted by Crippen LogP contribution is 2.30. The quantitative estimate of drug-likeness (QED) is 0.742. The first-order chi connectivity index (χ1) is 13.8. The van der Waals surface area contributed by atoms with E-state index in [2.05, 4.69) is 70.5 Å². The molecule has 0 unspecified atom stereocenters. The van der Waals surface area contributed by atoms with Crippen LogP contribution in [0.2, 0.25) is 0 Å². The predicted octanol–water partition coefficient (Wildman–Crippen LogP) is 4.89. The van der Waals surface area contributed by atoms with Crippen molar-refractivity contribution in [2.75, 3.05) is 26.2 Å². The maximum atomic E-state index is 12.8. The first kappa shape index (κ1) is 19.2. The molecule has 0 atom stereocenters. The summed E-state index contributed by atoms with van der Waals surface area (Å²) in [6, 6.07) is 21.8. The molecule has 1 saturated carbocycles. The Morgan fingerprint density at radius 2 is 1.32 bits per heavy atom. The monoisotopic (exact) mass is 376 g/mol. The summed E-state index contributed by atoms with van der Waals surface area (Å²) in [6.07, 6.45) is 7.22. The predicted molar refractivity (Wildman–Crippen MR) is 114 cm³/mol. The van der Waals surface area contributed by atoms with Gasteiger partial charge in [0.15, 0.2) is 0 Å². The van der Waals surface area contributed by atoms with Crippen LogP contribution in [0.1, 0.15) is 55.7 Å². The van der Waals surface area contributed by atoms with Crippen molar-refractivity contribution in [2.45, 2.75) is 44.6 Å². The molecule has 2 fully saturated rings. The number of rotatable bonds is 5. The van der Waals surface area contributed by atoms with Crippen LogP contribution in [0.3, 0.4) is 0 Å². The van der Waals surface area contributed by atoms with Crippen LogP contribution in [0, 0.1) is 5.92 Å². The van der Waals surface area contributed by atoms with Crippen molar-refractivity contribution in [1.29, 1.82) is 0 Å². The largest absolute Gasteiger partial charge is 0.340 e. The molecule has 1 heterocycles. The molecule has 0 spiro atoms. The fourth-order valence-electron chi connectivity index (χ4n) is 4.88. The molecule has 3 heteroatoms. The average Bonchev–Trinajstić information content (AvgIpc) is 2.77. The zero-order chi connectivity index (χ0) is 19.2. The van der Waals surface area contributed by atoms with Crippen LogP contribution in [0.15, 0.2) is 60.7 Å². The molecule has 1 aliphatic carbocycles. The van der Waals surface area contributed by atoms with E-state index in [1.54, 1.807) is 0 Å². The van der Waals surface area contributed by atoms with E-state index in [0.717, 1.165) is 32.6 Å².